The minimum atomic E-state index is -4.41. The zero-order valence-corrected chi connectivity index (χ0v) is 11.1. The number of nitrogens with two attached hydrogens (primary N) is 2. The quantitative estimate of drug-likeness (QED) is 0.341. The van der Waals surface area contributed by atoms with Crippen LogP contribution in [-0.4, -0.2) is 33.4 Å². The third-order valence-electron chi connectivity index (χ3n) is 2.38. The zero-order valence-electron chi connectivity index (χ0n) is 10.2. The Balaban J connectivity index is 4.75. The Kier molecular flexibility index (Phi) is 7.08. The maximum atomic E-state index is 11.2. The minimum Gasteiger partial charge on any atom is -0.370 e. The SMILES string of the molecule is CCCCC(NC(CC(N)=O)C(N)=O)P(=O)(O)O. The van der Waals surface area contributed by atoms with Crippen LogP contribution >= 0.6 is 7.60 Å². The molecular weight excluding hydrogens is 261 g/mol. The molecule has 0 heterocycles. The molecule has 0 saturated carbocycles. The molecule has 7 N–H and O–H groups in total. The molecule has 0 rings (SSSR count). The summed E-state index contributed by atoms with van der Waals surface area (Å²) in [5.74, 6) is -2.84. The highest BCUT2D eigenvalue weighted by atomic mass is 31.2. The van der Waals surface area contributed by atoms with Crippen LogP contribution in [-0.2, 0) is 14.2 Å². The summed E-state index contributed by atoms with van der Waals surface area (Å²) in [6.07, 6.45) is 1.11. The van der Waals surface area contributed by atoms with E-state index < -0.39 is 37.7 Å². The molecule has 2 unspecified atom stereocenters. The second kappa shape index (κ2) is 7.48. The molecule has 0 aliphatic rings. The standard InChI is InChI=1S/C9H20N3O5P/c1-2-3-4-8(18(15,16)17)12-6(9(11)14)5-7(10)13/h6,8,12H,2-5H2,1H3,(H2,10,13)(H2,11,14)(H2,15,16,17). The van der Waals surface area contributed by atoms with E-state index in [9.17, 15) is 14.2 Å². The summed E-state index contributed by atoms with van der Waals surface area (Å²) >= 11 is 0. The number of hydrogen-bond donors (Lipinski definition) is 5. The van der Waals surface area contributed by atoms with Gasteiger partial charge in [0.15, 0.2) is 0 Å². The minimum absolute atomic E-state index is 0.184. The summed E-state index contributed by atoms with van der Waals surface area (Å²) in [6, 6.07) is -1.17. The highest BCUT2D eigenvalue weighted by molar-refractivity contribution is 7.52. The van der Waals surface area contributed by atoms with E-state index in [1.807, 2.05) is 6.92 Å². The molecule has 9 heteroatoms. The number of rotatable bonds is 9. The van der Waals surface area contributed by atoms with Crippen LogP contribution in [0, 0.1) is 0 Å². The van der Waals surface area contributed by atoms with Gasteiger partial charge in [-0.05, 0) is 6.42 Å². The predicted molar refractivity (Wildman–Crippen MR) is 65.3 cm³/mol. The number of amides is 2. The van der Waals surface area contributed by atoms with Gasteiger partial charge in [-0.25, -0.2) is 0 Å². The molecule has 0 spiro atoms. The number of unbranched alkanes of at least 4 members (excludes halogenated alkanes) is 1. The lowest BCUT2D eigenvalue weighted by molar-refractivity contribution is -0.125. The normalized spacial score (nSPS) is 15.1. The van der Waals surface area contributed by atoms with Crippen molar-refractivity contribution < 1.29 is 23.9 Å². The van der Waals surface area contributed by atoms with Crippen molar-refractivity contribution in [3.63, 3.8) is 0 Å². The molecule has 0 saturated heterocycles. The van der Waals surface area contributed by atoms with Gasteiger partial charge in [0.25, 0.3) is 0 Å². The fourth-order valence-electron chi connectivity index (χ4n) is 1.42. The molecule has 0 fully saturated rings. The van der Waals surface area contributed by atoms with Crippen molar-refractivity contribution in [2.45, 2.75) is 44.4 Å². The van der Waals surface area contributed by atoms with Gasteiger partial charge in [0, 0.05) is 0 Å². The van der Waals surface area contributed by atoms with Gasteiger partial charge in [-0.3, -0.25) is 19.5 Å². The van der Waals surface area contributed by atoms with Crippen molar-refractivity contribution >= 4 is 19.4 Å². The topological polar surface area (TPSA) is 156 Å². The fourth-order valence-corrected chi connectivity index (χ4v) is 2.31. The Morgan fingerprint density at radius 3 is 2.22 bits per heavy atom. The van der Waals surface area contributed by atoms with Crippen molar-refractivity contribution in [3.05, 3.63) is 0 Å². The number of carbonyl (C=O) groups is 2. The lowest BCUT2D eigenvalue weighted by Crippen LogP contribution is -2.48. The molecule has 0 bridgehead atoms. The summed E-state index contributed by atoms with van der Waals surface area (Å²) < 4.78 is 11.2. The smallest absolute Gasteiger partial charge is 0.342 e. The van der Waals surface area contributed by atoms with Gasteiger partial charge in [0.05, 0.1) is 12.5 Å². The Morgan fingerprint density at radius 2 is 1.89 bits per heavy atom. The molecule has 0 aliphatic carbocycles. The van der Waals surface area contributed by atoms with Gasteiger partial charge in [-0.15, -0.1) is 0 Å². The van der Waals surface area contributed by atoms with Crippen LogP contribution in [0.25, 0.3) is 0 Å². The van der Waals surface area contributed by atoms with Crippen molar-refractivity contribution in [1.82, 2.24) is 5.32 Å². The second-order valence-corrected chi connectivity index (χ2v) is 5.84. The Bertz CT molecular complexity index is 343. The fraction of sp³-hybridized carbons (Fsp3) is 0.778. The number of hydrogen-bond acceptors (Lipinski definition) is 4. The van der Waals surface area contributed by atoms with E-state index in [0.717, 1.165) is 6.42 Å². The second-order valence-electron chi connectivity index (χ2n) is 4.04. The molecule has 106 valence electrons. The van der Waals surface area contributed by atoms with E-state index in [2.05, 4.69) is 5.32 Å². The van der Waals surface area contributed by atoms with Crippen molar-refractivity contribution in [2.24, 2.45) is 11.5 Å². The lowest BCUT2D eigenvalue weighted by Gasteiger charge is -2.23. The molecule has 0 aromatic heterocycles. The third-order valence-corrected chi connectivity index (χ3v) is 3.60. The van der Waals surface area contributed by atoms with Crippen LogP contribution in [0.1, 0.15) is 32.6 Å². The molecule has 18 heavy (non-hydrogen) atoms. The maximum absolute atomic E-state index is 11.2. The molecule has 2 atom stereocenters. The molecule has 2 amide bonds. The molecule has 0 aromatic carbocycles. The van der Waals surface area contributed by atoms with Gasteiger partial charge >= 0.3 is 7.60 Å². The van der Waals surface area contributed by atoms with Crippen LogP contribution in [0.15, 0.2) is 0 Å². The Morgan fingerprint density at radius 1 is 1.33 bits per heavy atom. The average Bonchev–Trinajstić information content (AvgIpc) is 2.19. The van der Waals surface area contributed by atoms with E-state index in [0.29, 0.717) is 6.42 Å². The first-order chi connectivity index (χ1) is 8.18. The highest BCUT2D eigenvalue weighted by Crippen LogP contribution is 2.42. The largest absolute Gasteiger partial charge is 0.370 e. The zero-order chi connectivity index (χ0) is 14.3. The van der Waals surface area contributed by atoms with Crippen LogP contribution < -0.4 is 16.8 Å². The first-order valence-electron chi connectivity index (χ1n) is 5.57. The van der Waals surface area contributed by atoms with E-state index >= 15 is 0 Å². The van der Waals surface area contributed by atoms with Gasteiger partial charge in [0.2, 0.25) is 11.8 Å². The predicted octanol–water partition coefficient (Wildman–Crippen LogP) is -1.00. The van der Waals surface area contributed by atoms with E-state index in [1.165, 1.54) is 0 Å². The number of carbonyl (C=O) groups excluding carboxylic acids is 2. The first kappa shape index (κ1) is 17.1. The first-order valence-corrected chi connectivity index (χ1v) is 7.25. The number of primary amides is 2. The van der Waals surface area contributed by atoms with Crippen molar-refractivity contribution in [3.8, 4) is 0 Å². The van der Waals surface area contributed by atoms with Gasteiger partial charge < -0.3 is 21.3 Å². The van der Waals surface area contributed by atoms with Crippen molar-refractivity contribution in [2.75, 3.05) is 0 Å². The lowest BCUT2D eigenvalue weighted by atomic mass is 10.1. The molecule has 0 aromatic rings. The summed E-state index contributed by atoms with van der Waals surface area (Å²) in [6.45, 7) is 1.87. The van der Waals surface area contributed by atoms with Gasteiger partial charge in [-0.2, -0.15) is 0 Å². The summed E-state index contributed by atoms with van der Waals surface area (Å²) in [4.78, 5) is 40.1. The third kappa shape index (κ3) is 6.70. The molecule has 0 radical (unpaired) electrons. The number of nitrogens with one attached hydrogen (secondary N) is 1. The maximum Gasteiger partial charge on any atom is 0.342 e. The van der Waals surface area contributed by atoms with Gasteiger partial charge in [0.1, 0.15) is 5.78 Å². The molecule has 8 nitrogen and oxygen atoms in total. The van der Waals surface area contributed by atoms with Crippen molar-refractivity contribution in [1.29, 1.82) is 0 Å². The highest BCUT2D eigenvalue weighted by Gasteiger charge is 2.32. The Labute approximate surface area is 105 Å². The van der Waals surface area contributed by atoms with E-state index in [-0.39, 0.29) is 6.42 Å². The van der Waals surface area contributed by atoms with Crippen LogP contribution in [0.5, 0.6) is 0 Å². The van der Waals surface area contributed by atoms with Gasteiger partial charge in [-0.1, -0.05) is 19.8 Å². The summed E-state index contributed by atoms with van der Waals surface area (Å²) in [7, 11) is -4.41. The van der Waals surface area contributed by atoms with Crippen LogP contribution in [0.2, 0.25) is 0 Å². The summed E-state index contributed by atoms with van der Waals surface area (Å²) in [5.41, 5.74) is 9.98. The molecule has 0 aliphatic heterocycles. The average molecular weight is 281 g/mol. The van der Waals surface area contributed by atoms with Crippen LogP contribution in [0.4, 0.5) is 0 Å². The van der Waals surface area contributed by atoms with E-state index in [1.54, 1.807) is 0 Å². The van der Waals surface area contributed by atoms with E-state index in [4.69, 9.17) is 21.3 Å². The van der Waals surface area contributed by atoms with Crippen LogP contribution in [0.3, 0.4) is 0 Å². The monoisotopic (exact) mass is 281 g/mol. The molecular formula is C9H20N3O5P. The summed E-state index contributed by atoms with van der Waals surface area (Å²) in [5, 5.41) is 2.42. The Hall–Kier alpha value is -0.950.